The van der Waals surface area contributed by atoms with Crippen LogP contribution < -0.4 is 4.74 Å². The molecule has 0 aliphatic heterocycles. The summed E-state index contributed by atoms with van der Waals surface area (Å²) in [5.74, 6) is 0.752. The molecule has 1 aromatic carbocycles. The summed E-state index contributed by atoms with van der Waals surface area (Å²) in [7, 11) is 3.41. The predicted octanol–water partition coefficient (Wildman–Crippen LogP) is 2.66. The quantitative estimate of drug-likeness (QED) is 0.883. The maximum Gasteiger partial charge on any atom is 0.265 e. The molecule has 1 N–H and O–H groups in total. The van der Waals surface area contributed by atoms with Gasteiger partial charge in [0.2, 0.25) is 0 Å². The summed E-state index contributed by atoms with van der Waals surface area (Å²) in [6, 6.07) is 7.62. The molecule has 0 saturated heterocycles. The minimum atomic E-state index is -0.0755. The number of thiazole rings is 1. The molecule has 1 heterocycles. The fourth-order valence-electron chi connectivity index (χ4n) is 2.55. The first-order valence-electron chi connectivity index (χ1n) is 7.53. The topological polar surface area (TPSA) is 62.7 Å². The van der Waals surface area contributed by atoms with Crippen LogP contribution in [0.4, 0.5) is 0 Å². The third-order valence-corrected chi connectivity index (χ3v) is 5.30. The van der Waals surface area contributed by atoms with E-state index in [0.29, 0.717) is 11.4 Å². The number of aliphatic hydroxyl groups excluding tert-OH is 1. The van der Waals surface area contributed by atoms with Crippen molar-refractivity contribution in [2.75, 3.05) is 27.3 Å². The van der Waals surface area contributed by atoms with Crippen LogP contribution in [-0.2, 0) is 0 Å². The third kappa shape index (κ3) is 3.38. The number of aliphatic hydroxyl groups is 1. The molecule has 0 unspecified atom stereocenters. The molecule has 5 nitrogen and oxygen atoms in total. The normalized spacial score (nSPS) is 15.3. The summed E-state index contributed by atoms with van der Waals surface area (Å²) in [6.45, 7) is 0.739. The molecule has 6 heteroatoms. The van der Waals surface area contributed by atoms with Gasteiger partial charge in [-0.05, 0) is 37.1 Å². The molecule has 1 saturated carbocycles. The Morgan fingerprint density at radius 1 is 1.39 bits per heavy atom. The van der Waals surface area contributed by atoms with Gasteiger partial charge in [0.15, 0.2) is 0 Å². The zero-order chi connectivity index (χ0) is 16.4. The van der Waals surface area contributed by atoms with Crippen LogP contribution in [0.1, 0.15) is 22.5 Å². The van der Waals surface area contributed by atoms with Crippen molar-refractivity contribution >= 4 is 17.2 Å². The van der Waals surface area contributed by atoms with Crippen molar-refractivity contribution < 1.29 is 14.6 Å². The summed E-state index contributed by atoms with van der Waals surface area (Å²) in [6.07, 6.45) is 3.60. The summed E-state index contributed by atoms with van der Waals surface area (Å²) in [5.41, 5.74) is 0.889. The lowest BCUT2D eigenvalue weighted by Crippen LogP contribution is -2.33. The van der Waals surface area contributed by atoms with Gasteiger partial charge in [0.1, 0.15) is 15.6 Å². The first-order valence-corrected chi connectivity index (χ1v) is 8.35. The molecule has 0 radical (unpaired) electrons. The van der Waals surface area contributed by atoms with Crippen molar-refractivity contribution in [2.24, 2.45) is 5.41 Å². The second-order valence-electron chi connectivity index (χ2n) is 6.08. The lowest BCUT2D eigenvalue weighted by molar-refractivity contribution is 0.0738. The van der Waals surface area contributed by atoms with E-state index in [4.69, 9.17) is 4.74 Å². The van der Waals surface area contributed by atoms with Crippen molar-refractivity contribution in [3.8, 4) is 16.3 Å². The number of benzene rings is 1. The SMILES string of the molecule is COc1ccc(-c2ncc(C(=O)N(C)CC3(CO)CC3)s2)cc1. The van der Waals surface area contributed by atoms with Gasteiger partial charge in [-0.15, -0.1) is 11.3 Å². The maximum absolute atomic E-state index is 12.5. The lowest BCUT2D eigenvalue weighted by atomic mass is 10.1. The second kappa shape index (κ2) is 6.29. The number of amides is 1. The molecule has 23 heavy (non-hydrogen) atoms. The average molecular weight is 332 g/mol. The average Bonchev–Trinajstić information content (AvgIpc) is 3.19. The van der Waals surface area contributed by atoms with Crippen molar-refractivity contribution in [1.29, 1.82) is 0 Å². The molecule has 2 aromatic rings. The first kappa shape index (κ1) is 16.0. The van der Waals surface area contributed by atoms with E-state index in [1.54, 1.807) is 25.3 Å². The van der Waals surface area contributed by atoms with Crippen LogP contribution in [0.3, 0.4) is 0 Å². The highest BCUT2D eigenvalue weighted by atomic mass is 32.1. The van der Waals surface area contributed by atoms with E-state index in [-0.39, 0.29) is 17.9 Å². The van der Waals surface area contributed by atoms with E-state index in [0.717, 1.165) is 29.2 Å². The molecule has 1 aliphatic rings. The second-order valence-corrected chi connectivity index (χ2v) is 7.11. The van der Waals surface area contributed by atoms with Crippen molar-refractivity contribution in [2.45, 2.75) is 12.8 Å². The van der Waals surface area contributed by atoms with Crippen molar-refractivity contribution in [3.63, 3.8) is 0 Å². The molecule has 1 fully saturated rings. The molecular formula is C17H20N2O3S. The van der Waals surface area contributed by atoms with Crippen molar-refractivity contribution in [1.82, 2.24) is 9.88 Å². The Labute approximate surface area is 139 Å². The number of ether oxygens (including phenoxy) is 1. The van der Waals surface area contributed by atoms with Gasteiger partial charge in [-0.3, -0.25) is 4.79 Å². The molecule has 1 aromatic heterocycles. The first-order chi connectivity index (χ1) is 11.1. The largest absolute Gasteiger partial charge is 0.497 e. The van der Waals surface area contributed by atoms with E-state index in [1.807, 2.05) is 24.3 Å². The number of carbonyl (C=O) groups is 1. The van der Waals surface area contributed by atoms with Gasteiger partial charge in [0.25, 0.3) is 5.91 Å². The van der Waals surface area contributed by atoms with Crippen LogP contribution in [0.5, 0.6) is 5.75 Å². The van der Waals surface area contributed by atoms with E-state index >= 15 is 0 Å². The number of methoxy groups -OCH3 is 1. The highest BCUT2D eigenvalue weighted by Crippen LogP contribution is 2.45. The standard InChI is InChI=1S/C17H20N2O3S/c1-19(10-17(11-20)7-8-17)16(21)14-9-18-15(23-14)12-3-5-13(22-2)6-4-12/h3-6,9,20H,7-8,10-11H2,1-2H3. The Morgan fingerprint density at radius 2 is 2.09 bits per heavy atom. The highest BCUT2D eigenvalue weighted by molar-refractivity contribution is 7.16. The summed E-state index contributed by atoms with van der Waals surface area (Å²) in [5, 5.41) is 10.2. The molecule has 1 amide bonds. The zero-order valence-electron chi connectivity index (χ0n) is 13.3. The van der Waals surface area contributed by atoms with Gasteiger partial charge in [0, 0.05) is 24.6 Å². The van der Waals surface area contributed by atoms with Gasteiger partial charge >= 0.3 is 0 Å². The molecule has 122 valence electrons. The Morgan fingerprint density at radius 3 is 2.65 bits per heavy atom. The Balaban J connectivity index is 1.71. The Hall–Kier alpha value is -1.92. The summed E-state index contributed by atoms with van der Waals surface area (Å²) < 4.78 is 5.14. The molecule has 0 bridgehead atoms. The lowest BCUT2D eigenvalue weighted by Gasteiger charge is -2.21. The van der Waals surface area contributed by atoms with Crippen LogP contribution in [-0.4, -0.2) is 48.2 Å². The molecule has 1 aliphatic carbocycles. The fraction of sp³-hybridized carbons (Fsp3) is 0.412. The number of hydrogen-bond donors (Lipinski definition) is 1. The summed E-state index contributed by atoms with van der Waals surface area (Å²) >= 11 is 1.38. The Kier molecular flexibility index (Phi) is 4.37. The van der Waals surface area contributed by atoms with Crippen LogP contribution >= 0.6 is 11.3 Å². The van der Waals surface area contributed by atoms with Crippen LogP contribution in [0.15, 0.2) is 30.5 Å². The summed E-state index contributed by atoms with van der Waals surface area (Å²) in [4.78, 5) is 19.2. The van der Waals surface area contributed by atoms with Crippen LogP contribution in [0.25, 0.3) is 10.6 Å². The molecule has 0 atom stereocenters. The number of nitrogens with zero attached hydrogens (tertiary/aromatic N) is 2. The van der Waals surface area contributed by atoms with Crippen LogP contribution in [0, 0.1) is 5.41 Å². The third-order valence-electron chi connectivity index (χ3n) is 4.27. The highest BCUT2D eigenvalue weighted by Gasteiger charge is 2.43. The smallest absolute Gasteiger partial charge is 0.265 e. The van der Waals surface area contributed by atoms with E-state index in [1.165, 1.54) is 11.3 Å². The van der Waals surface area contributed by atoms with Gasteiger partial charge in [-0.25, -0.2) is 4.98 Å². The van der Waals surface area contributed by atoms with E-state index < -0.39 is 0 Å². The van der Waals surface area contributed by atoms with Crippen LogP contribution in [0.2, 0.25) is 0 Å². The van der Waals surface area contributed by atoms with Gasteiger partial charge < -0.3 is 14.7 Å². The monoisotopic (exact) mass is 332 g/mol. The minimum absolute atomic E-state index is 0.0398. The van der Waals surface area contributed by atoms with E-state index in [9.17, 15) is 9.90 Å². The number of carbonyl (C=O) groups excluding carboxylic acids is 1. The zero-order valence-corrected chi connectivity index (χ0v) is 14.1. The van der Waals surface area contributed by atoms with E-state index in [2.05, 4.69) is 4.98 Å². The van der Waals surface area contributed by atoms with Gasteiger partial charge in [-0.1, -0.05) is 0 Å². The van der Waals surface area contributed by atoms with Gasteiger partial charge in [0.05, 0.1) is 19.9 Å². The maximum atomic E-state index is 12.5. The number of rotatable bonds is 6. The number of aromatic nitrogens is 1. The predicted molar refractivity (Wildman–Crippen MR) is 89.8 cm³/mol. The molecular weight excluding hydrogens is 312 g/mol. The Bertz CT molecular complexity index is 692. The van der Waals surface area contributed by atoms with Gasteiger partial charge in [-0.2, -0.15) is 0 Å². The van der Waals surface area contributed by atoms with Crippen molar-refractivity contribution in [3.05, 3.63) is 35.3 Å². The molecule has 3 rings (SSSR count). The fourth-order valence-corrected chi connectivity index (χ4v) is 3.46. The number of hydrogen-bond acceptors (Lipinski definition) is 5. The molecule has 0 spiro atoms. The minimum Gasteiger partial charge on any atom is -0.497 e.